The molecule has 0 amide bonds. The van der Waals surface area contributed by atoms with Crippen LogP contribution in [0.15, 0.2) is 36.7 Å². The van der Waals surface area contributed by atoms with Crippen LogP contribution in [-0.4, -0.2) is 38.4 Å². The van der Waals surface area contributed by atoms with E-state index in [1.54, 1.807) is 0 Å². The van der Waals surface area contributed by atoms with Crippen molar-refractivity contribution in [2.24, 2.45) is 7.05 Å². The van der Waals surface area contributed by atoms with E-state index in [9.17, 15) is 0 Å². The fourth-order valence-electron chi connectivity index (χ4n) is 4.60. The molecule has 5 heteroatoms. The molecule has 142 valence electrons. The molecule has 2 aliphatic heterocycles. The van der Waals surface area contributed by atoms with E-state index in [0.717, 1.165) is 44.8 Å². The van der Waals surface area contributed by atoms with Crippen LogP contribution < -0.4 is 4.74 Å². The van der Waals surface area contributed by atoms with Gasteiger partial charge in [0.1, 0.15) is 11.9 Å². The minimum absolute atomic E-state index is 0.313. The van der Waals surface area contributed by atoms with Gasteiger partial charge in [0.05, 0.1) is 11.7 Å². The van der Waals surface area contributed by atoms with Gasteiger partial charge >= 0.3 is 0 Å². The Labute approximate surface area is 160 Å². The predicted octanol–water partition coefficient (Wildman–Crippen LogP) is 3.75. The Kier molecular flexibility index (Phi) is 4.40. The second-order valence-corrected chi connectivity index (χ2v) is 8.01. The summed E-state index contributed by atoms with van der Waals surface area (Å²) >= 11 is 0. The maximum Gasteiger partial charge on any atom is 0.129 e. The topological polar surface area (TPSA) is 35.2 Å². The molecule has 5 nitrogen and oxygen atoms in total. The Balaban J connectivity index is 1.21. The van der Waals surface area contributed by atoms with Gasteiger partial charge in [0.2, 0.25) is 0 Å². The minimum Gasteiger partial charge on any atom is -0.490 e. The summed E-state index contributed by atoms with van der Waals surface area (Å²) in [5.74, 6) is 1.03. The summed E-state index contributed by atoms with van der Waals surface area (Å²) in [4.78, 5) is 2.56. The average molecular weight is 364 g/mol. The number of likely N-dealkylation sites (tertiary alicyclic amines) is 1. The van der Waals surface area contributed by atoms with Crippen molar-refractivity contribution in [3.05, 3.63) is 47.9 Å². The molecule has 0 N–H and O–H groups in total. The summed E-state index contributed by atoms with van der Waals surface area (Å²) in [6.07, 6.45) is 10.5. The summed E-state index contributed by atoms with van der Waals surface area (Å²) in [5, 5.41) is 5.80. The SMILES string of the molecule is Cn1ccc2c(OC3CCN(Cc4cnn5c4CCCC5)CC3)cccc21. The number of benzene rings is 1. The van der Waals surface area contributed by atoms with Crippen LogP contribution in [0, 0.1) is 0 Å². The molecule has 0 spiro atoms. The molecule has 0 atom stereocenters. The summed E-state index contributed by atoms with van der Waals surface area (Å²) in [7, 11) is 2.08. The number of hydrogen-bond donors (Lipinski definition) is 0. The first-order valence-corrected chi connectivity index (χ1v) is 10.2. The van der Waals surface area contributed by atoms with Crippen molar-refractivity contribution in [1.82, 2.24) is 19.2 Å². The largest absolute Gasteiger partial charge is 0.490 e. The predicted molar refractivity (Wildman–Crippen MR) is 107 cm³/mol. The monoisotopic (exact) mass is 364 g/mol. The molecular formula is C22H28N4O. The van der Waals surface area contributed by atoms with Crippen molar-refractivity contribution in [3.63, 3.8) is 0 Å². The molecule has 27 heavy (non-hydrogen) atoms. The molecular weight excluding hydrogens is 336 g/mol. The molecule has 5 rings (SSSR count). The van der Waals surface area contributed by atoms with Crippen LogP contribution in [0.4, 0.5) is 0 Å². The normalized spacial score (nSPS) is 18.7. The minimum atomic E-state index is 0.313. The van der Waals surface area contributed by atoms with Gasteiger partial charge in [0.15, 0.2) is 0 Å². The molecule has 0 radical (unpaired) electrons. The van der Waals surface area contributed by atoms with E-state index in [-0.39, 0.29) is 0 Å². The fourth-order valence-corrected chi connectivity index (χ4v) is 4.60. The highest BCUT2D eigenvalue weighted by atomic mass is 16.5. The van der Waals surface area contributed by atoms with Crippen LogP contribution in [-0.2, 0) is 26.6 Å². The van der Waals surface area contributed by atoms with Gasteiger partial charge in [-0.2, -0.15) is 5.10 Å². The zero-order valence-electron chi connectivity index (χ0n) is 16.1. The molecule has 2 aliphatic rings. The number of rotatable bonds is 4. The van der Waals surface area contributed by atoms with Crippen molar-refractivity contribution in [2.45, 2.75) is 51.3 Å². The van der Waals surface area contributed by atoms with Gasteiger partial charge in [-0.05, 0) is 50.3 Å². The molecule has 2 aromatic heterocycles. The van der Waals surface area contributed by atoms with E-state index >= 15 is 0 Å². The standard InChI is InChI=1S/C22H28N4O/c1-24-12-10-19-21(24)6-4-7-22(19)27-18-8-13-25(14-9-18)16-17-15-23-26-11-3-2-5-20(17)26/h4,6-7,10,12,15,18H,2-3,5,8-9,11,13-14,16H2,1H3. The highest BCUT2D eigenvalue weighted by Gasteiger charge is 2.23. The fraction of sp³-hybridized carbons (Fsp3) is 0.500. The molecule has 0 aliphatic carbocycles. The zero-order chi connectivity index (χ0) is 18.2. The highest BCUT2D eigenvalue weighted by Crippen LogP contribution is 2.29. The second kappa shape index (κ2) is 7.04. The number of hydrogen-bond acceptors (Lipinski definition) is 3. The van der Waals surface area contributed by atoms with Crippen LogP contribution in [0.2, 0.25) is 0 Å². The average Bonchev–Trinajstić information content (AvgIpc) is 3.28. The number of piperidine rings is 1. The first-order valence-electron chi connectivity index (χ1n) is 10.2. The lowest BCUT2D eigenvalue weighted by molar-refractivity contribution is 0.0978. The van der Waals surface area contributed by atoms with Gasteiger partial charge < -0.3 is 9.30 Å². The van der Waals surface area contributed by atoms with Crippen LogP contribution in [0.5, 0.6) is 5.75 Å². The van der Waals surface area contributed by atoms with Gasteiger partial charge in [-0.3, -0.25) is 9.58 Å². The Hall–Kier alpha value is -2.27. The third-order valence-corrected chi connectivity index (χ3v) is 6.18. The van der Waals surface area contributed by atoms with Crippen molar-refractivity contribution in [3.8, 4) is 5.75 Å². The van der Waals surface area contributed by atoms with Crippen LogP contribution >= 0.6 is 0 Å². The molecule has 0 bridgehead atoms. The smallest absolute Gasteiger partial charge is 0.129 e. The third-order valence-electron chi connectivity index (χ3n) is 6.18. The molecule has 1 fully saturated rings. The molecule has 0 unspecified atom stereocenters. The summed E-state index contributed by atoms with van der Waals surface area (Å²) < 4.78 is 10.8. The maximum atomic E-state index is 6.40. The highest BCUT2D eigenvalue weighted by molar-refractivity contribution is 5.86. The van der Waals surface area contributed by atoms with Gasteiger partial charge in [-0.15, -0.1) is 0 Å². The molecule has 1 saturated heterocycles. The van der Waals surface area contributed by atoms with Gasteiger partial charge in [-0.1, -0.05) is 6.07 Å². The van der Waals surface area contributed by atoms with Crippen molar-refractivity contribution >= 4 is 10.9 Å². The molecule has 3 aromatic rings. The maximum absolute atomic E-state index is 6.40. The zero-order valence-corrected chi connectivity index (χ0v) is 16.1. The number of aryl methyl sites for hydroxylation is 2. The van der Waals surface area contributed by atoms with Crippen LogP contribution in [0.25, 0.3) is 10.9 Å². The number of nitrogens with zero attached hydrogens (tertiary/aromatic N) is 4. The van der Waals surface area contributed by atoms with Crippen molar-refractivity contribution in [2.75, 3.05) is 13.1 Å². The van der Waals surface area contributed by atoms with Crippen LogP contribution in [0.1, 0.15) is 36.9 Å². The number of ether oxygens (including phenoxy) is 1. The lowest BCUT2D eigenvalue weighted by Gasteiger charge is -2.32. The number of aromatic nitrogens is 3. The van der Waals surface area contributed by atoms with Gasteiger partial charge in [0.25, 0.3) is 0 Å². The van der Waals surface area contributed by atoms with E-state index in [1.807, 2.05) is 0 Å². The summed E-state index contributed by atoms with van der Waals surface area (Å²) in [6.45, 7) is 4.33. The van der Waals surface area contributed by atoms with Gasteiger partial charge in [-0.25, -0.2) is 0 Å². The van der Waals surface area contributed by atoms with E-state index in [4.69, 9.17) is 4.74 Å². The Morgan fingerprint density at radius 2 is 2.00 bits per heavy atom. The third kappa shape index (κ3) is 3.25. The molecule has 0 saturated carbocycles. The van der Waals surface area contributed by atoms with E-state index < -0.39 is 0 Å². The second-order valence-electron chi connectivity index (χ2n) is 8.01. The molecule has 1 aromatic carbocycles. The quantitative estimate of drug-likeness (QED) is 0.707. The molecule has 4 heterocycles. The summed E-state index contributed by atoms with van der Waals surface area (Å²) in [6, 6.07) is 8.50. The number of fused-ring (bicyclic) bond motifs is 2. The van der Waals surface area contributed by atoms with Crippen LogP contribution in [0.3, 0.4) is 0 Å². The lowest BCUT2D eigenvalue weighted by Crippen LogP contribution is -2.38. The van der Waals surface area contributed by atoms with Gasteiger partial charge in [0, 0.05) is 56.1 Å². The first-order chi connectivity index (χ1) is 13.3. The Morgan fingerprint density at radius 3 is 2.89 bits per heavy atom. The van der Waals surface area contributed by atoms with E-state index in [2.05, 4.69) is 63.0 Å². The Morgan fingerprint density at radius 1 is 1.11 bits per heavy atom. The van der Waals surface area contributed by atoms with E-state index in [0.29, 0.717) is 6.10 Å². The van der Waals surface area contributed by atoms with E-state index in [1.165, 1.54) is 41.4 Å². The van der Waals surface area contributed by atoms with Crippen molar-refractivity contribution in [1.29, 1.82) is 0 Å². The summed E-state index contributed by atoms with van der Waals surface area (Å²) in [5.41, 5.74) is 4.13. The first kappa shape index (κ1) is 16.9. The van der Waals surface area contributed by atoms with Crippen molar-refractivity contribution < 1.29 is 4.74 Å². The Bertz CT molecular complexity index is 933. The lowest BCUT2D eigenvalue weighted by atomic mass is 10.0.